The van der Waals surface area contributed by atoms with Crippen LogP contribution < -0.4 is 9.64 Å². The Morgan fingerprint density at radius 2 is 0.906 bits per heavy atom. The summed E-state index contributed by atoms with van der Waals surface area (Å²) in [5.41, 5.74) is 20.3. The first kappa shape index (κ1) is 36.7. The lowest BCUT2D eigenvalue weighted by Gasteiger charge is -2.39. The van der Waals surface area contributed by atoms with E-state index in [1.165, 1.54) is 88.7 Å². The van der Waals surface area contributed by atoms with Crippen molar-refractivity contribution >= 4 is 27.8 Å². The zero-order valence-corrected chi connectivity index (χ0v) is 35.7. The van der Waals surface area contributed by atoms with E-state index in [2.05, 4.69) is 243 Å². The minimum absolute atomic E-state index is 0.140. The molecule has 0 atom stereocenters. The molecule has 0 aromatic heterocycles. The van der Waals surface area contributed by atoms with Crippen LogP contribution in [0.15, 0.2) is 224 Å². The number of nitrogens with zero attached hydrogens (tertiary/aromatic N) is 1. The number of hydrogen-bond donors (Lipinski definition) is 0. The van der Waals surface area contributed by atoms with Gasteiger partial charge in [0.25, 0.3) is 0 Å². The van der Waals surface area contributed by atoms with Crippen LogP contribution in [0.5, 0.6) is 11.5 Å². The minimum atomic E-state index is -0.519. The molecule has 0 radical (unpaired) electrons. The van der Waals surface area contributed by atoms with Crippen molar-refractivity contribution in [3.8, 4) is 56.0 Å². The zero-order chi connectivity index (χ0) is 42.6. The molecule has 0 unspecified atom stereocenters. The number of para-hydroxylation sites is 2. The van der Waals surface area contributed by atoms with Crippen molar-refractivity contribution in [2.75, 3.05) is 4.90 Å². The van der Waals surface area contributed by atoms with Crippen molar-refractivity contribution in [2.45, 2.75) is 24.7 Å². The third kappa shape index (κ3) is 5.14. The molecule has 1 heterocycles. The fourth-order valence-corrected chi connectivity index (χ4v) is 11.4. The van der Waals surface area contributed by atoms with Gasteiger partial charge in [-0.05, 0) is 121 Å². The Morgan fingerprint density at radius 1 is 0.359 bits per heavy atom. The molecule has 0 fully saturated rings. The normalized spacial score (nSPS) is 14.2. The van der Waals surface area contributed by atoms with Crippen molar-refractivity contribution in [1.82, 2.24) is 0 Å². The first-order chi connectivity index (χ1) is 31.5. The number of ether oxygens (including phenoxy) is 1. The standard InChI is InChI=1S/C62H43NO/c1-61(2)51-22-10-8-20-47(51)49-36-34-45(39-55(49)61)63(57-37-31-41-16-6-7-19-46(41)60(57)42-17-4-3-5-18-42)44-32-28-40(29-33-44)43-30-35-50-48-21-9-11-23-52(48)62(56(50)38-43)53-24-12-14-26-58(53)64-59-27-15-13-25-54(59)62/h3-39H,1-2H3. The predicted molar refractivity (Wildman–Crippen MR) is 264 cm³/mol. The molecule has 0 amide bonds. The van der Waals surface area contributed by atoms with Crippen LogP contribution in [0, 0.1) is 0 Å². The van der Waals surface area contributed by atoms with Gasteiger partial charge in [0.05, 0.1) is 11.1 Å². The average Bonchev–Trinajstić information content (AvgIpc) is 3.76. The first-order valence-electron chi connectivity index (χ1n) is 22.3. The molecule has 13 rings (SSSR count). The molecule has 0 N–H and O–H groups in total. The fourth-order valence-electron chi connectivity index (χ4n) is 11.4. The van der Waals surface area contributed by atoms with E-state index in [1.807, 2.05) is 0 Å². The molecule has 0 saturated carbocycles. The summed E-state index contributed by atoms with van der Waals surface area (Å²) in [6.07, 6.45) is 0. The second kappa shape index (κ2) is 13.8. The molecule has 0 bridgehead atoms. The van der Waals surface area contributed by atoms with Crippen LogP contribution in [0.4, 0.5) is 17.1 Å². The predicted octanol–water partition coefficient (Wildman–Crippen LogP) is 16.4. The van der Waals surface area contributed by atoms with E-state index < -0.39 is 5.41 Å². The van der Waals surface area contributed by atoms with E-state index >= 15 is 0 Å². The third-order valence-electron chi connectivity index (χ3n) is 14.3. The zero-order valence-electron chi connectivity index (χ0n) is 35.7. The Morgan fingerprint density at radius 3 is 1.66 bits per heavy atom. The van der Waals surface area contributed by atoms with E-state index in [4.69, 9.17) is 4.74 Å². The van der Waals surface area contributed by atoms with Crippen molar-refractivity contribution in [2.24, 2.45) is 0 Å². The average molecular weight is 818 g/mol. The van der Waals surface area contributed by atoms with Crippen molar-refractivity contribution in [3.05, 3.63) is 258 Å². The molecule has 302 valence electrons. The van der Waals surface area contributed by atoms with E-state index in [1.54, 1.807) is 0 Å². The minimum Gasteiger partial charge on any atom is -0.457 e. The number of fused-ring (bicyclic) bond motifs is 13. The van der Waals surface area contributed by atoms with Crippen molar-refractivity contribution in [3.63, 3.8) is 0 Å². The maximum Gasteiger partial charge on any atom is 0.132 e. The van der Waals surface area contributed by atoms with Gasteiger partial charge in [-0.25, -0.2) is 0 Å². The largest absolute Gasteiger partial charge is 0.457 e. The number of benzene rings is 10. The lowest BCUT2D eigenvalue weighted by Crippen LogP contribution is -2.32. The summed E-state index contributed by atoms with van der Waals surface area (Å²) in [5, 5.41) is 2.45. The van der Waals surface area contributed by atoms with Gasteiger partial charge in [-0.1, -0.05) is 190 Å². The number of hydrogen-bond acceptors (Lipinski definition) is 2. The van der Waals surface area contributed by atoms with Crippen LogP contribution in [0.2, 0.25) is 0 Å². The quantitative estimate of drug-likeness (QED) is 0.172. The highest BCUT2D eigenvalue weighted by atomic mass is 16.5. The molecule has 10 aromatic rings. The monoisotopic (exact) mass is 817 g/mol. The summed E-state index contributed by atoms with van der Waals surface area (Å²) in [6, 6.07) is 82.6. The molecule has 3 aliphatic rings. The van der Waals surface area contributed by atoms with Crippen molar-refractivity contribution < 1.29 is 4.74 Å². The maximum absolute atomic E-state index is 6.63. The molecule has 1 aliphatic heterocycles. The molecule has 2 nitrogen and oxygen atoms in total. The summed E-state index contributed by atoms with van der Waals surface area (Å²) in [7, 11) is 0. The van der Waals surface area contributed by atoms with E-state index in [0.29, 0.717) is 0 Å². The van der Waals surface area contributed by atoms with Gasteiger partial charge in [0.15, 0.2) is 0 Å². The summed E-state index contributed by atoms with van der Waals surface area (Å²) in [4.78, 5) is 2.47. The lowest BCUT2D eigenvalue weighted by atomic mass is 9.66. The van der Waals surface area contributed by atoms with Gasteiger partial charge >= 0.3 is 0 Å². The van der Waals surface area contributed by atoms with Gasteiger partial charge in [-0.3, -0.25) is 0 Å². The van der Waals surface area contributed by atoms with Crippen molar-refractivity contribution in [1.29, 1.82) is 0 Å². The molecule has 0 saturated heterocycles. The lowest BCUT2D eigenvalue weighted by molar-refractivity contribution is 0.436. The van der Waals surface area contributed by atoms with Crippen LogP contribution in [0.3, 0.4) is 0 Å². The van der Waals surface area contributed by atoms with Crippen LogP contribution in [-0.4, -0.2) is 0 Å². The molecule has 64 heavy (non-hydrogen) atoms. The highest BCUT2D eigenvalue weighted by Crippen LogP contribution is 2.62. The molecule has 1 spiro atoms. The number of anilines is 3. The van der Waals surface area contributed by atoms with E-state index in [0.717, 1.165) is 28.6 Å². The van der Waals surface area contributed by atoms with Crippen LogP contribution >= 0.6 is 0 Å². The number of rotatable bonds is 5. The van der Waals surface area contributed by atoms with E-state index in [9.17, 15) is 0 Å². The second-order valence-electron chi connectivity index (χ2n) is 18.0. The van der Waals surface area contributed by atoms with Gasteiger partial charge in [-0.2, -0.15) is 0 Å². The Bertz CT molecular complexity index is 3460. The SMILES string of the molecule is CC1(C)c2ccccc2-c2ccc(N(c3ccc(-c4ccc5c(c4)C4(c6ccccc6Oc6ccccc64)c4ccccc4-5)cc3)c3ccc4ccccc4c3-c3ccccc3)cc21. The summed E-state index contributed by atoms with van der Waals surface area (Å²) in [6.45, 7) is 4.73. The Kier molecular flexibility index (Phi) is 7.90. The van der Waals surface area contributed by atoms with Crippen LogP contribution in [-0.2, 0) is 10.8 Å². The van der Waals surface area contributed by atoms with Crippen LogP contribution in [0.1, 0.15) is 47.2 Å². The molecular formula is C62H43NO. The summed E-state index contributed by atoms with van der Waals surface area (Å²) in [5.74, 6) is 1.81. The third-order valence-corrected chi connectivity index (χ3v) is 14.3. The van der Waals surface area contributed by atoms with Gasteiger partial charge in [-0.15, -0.1) is 0 Å². The van der Waals surface area contributed by atoms with Gasteiger partial charge < -0.3 is 9.64 Å². The summed E-state index contributed by atoms with van der Waals surface area (Å²) < 4.78 is 6.63. The molecule has 2 aliphatic carbocycles. The molecular weight excluding hydrogens is 775 g/mol. The van der Waals surface area contributed by atoms with Gasteiger partial charge in [0, 0.05) is 33.5 Å². The molecule has 2 heteroatoms. The van der Waals surface area contributed by atoms with E-state index in [-0.39, 0.29) is 5.41 Å². The Labute approximate surface area is 374 Å². The smallest absolute Gasteiger partial charge is 0.132 e. The Balaban J connectivity index is 0.995. The highest BCUT2D eigenvalue weighted by Gasteiger charge is 2.51. The van der Waals surface area contributed by atoms with Gasteiger partial charge in [0.2, 0.25) is 0 Å². The molecule has 10 aromatic carbocycles. The topological polar surface area (TPSA) is 12.5 Å². The Hall–Kier alpha value is -7.94. The highest BCUT2D eigenvalue weighted by molar-refractivity contribution is 6.05. The van der Waals surface area contributed by atoms with Gasteiger partial charge in [0.1, 0.15) is 11.5 Å². The summed E-state index contributed by atoms with van der Waals surface area (Å²) >= 11 is 0. The second-order valence-corrected chi connectivity index (χ2v) is 18.0. The fraction of sp³-hybridized carbons (Fsp3) is 0.0645. The maximum atomic E-state index is 6.63. The van der Waals surface area contributed by atoms with Crippen LogP contribution in [0.25, 0.3) is 55.3 Å². The first-order valence-corrected chi connectivity index (χ1v) is 22.3.